The number of pyridine rings is 1. The van der Waals surface area contributed by atoms with Gasteiger partial charge in [0.05, 0.1) is 0 Å². The zero-order valence-corrected chi connectivity index (χ0v) is 9.87. The quantitative estimate of drug-likeness (QED) is 0.756. The normalized spacial score (nSPS) is 28.7. The van der Waals surface area contributed by atoms with Crippen LogP contribution in [0.3, 0.4) is 0 Å². The Morgan fingerprint density at radius 3 is 3.06 bits per heavy atom. The number of aromatic nitrogens is 1. The fourth-order valence-corrected chi connectivity index (χ4v) is 2.87. The third-order valence-electron chi connectivity index (χ3n) is 3.69. The molecule has 84 valence electrons. The average molecular weight is 235 g/mol. The van der Waals surface area contributed by atoms with Gasteiger partial charge in [-0.1, -0.05) is 23.7 Å². The molecule has 1 aliphatic carbocycles. The van der Waals surface area contributed by atoms with E-state index in [2.05, 4.69) is 22.4 Å². The van der Waals surface area contributed by atoms with Gasteiger partial charge in [-0.3, -0.25) is 0 Å². The van der Waals surface area contributed by atoms with E-state index in [9.17, 15) is 0 Å². The Bertz CT molecular complexity index is 410. The lowest BCUT2D eigenvalue weighted by Gasteiger charge is -2.23. The predicted molar refractivity (Wildman–Crippen MR) is 66.3 cm³/mol. The highest BCUT2D eigenvalue weighted by Gasteiger charge is 2.29. The lowest BCUT2D eigenvalue weighted by molar-refractivity contribution is 0.448. The monoisotopic (exact) mass is 234 g/mol. The molecule has 2 atom stereocenters. The van der Waals surface area contributed by atoms with Crippen molar-refractivity contribution in [1.29, 1.82) is 0 Å². The minimum Gasteiger partial charge on any atom is -0.316 e. The Morgan fingerprint density at radius 2 is 2.25 bits per heavy atom. The number of nitrogens with zero attached hydrogens (tertiary/aromatic N) is 1. The second kappa shape index (κ2) is 4.19. The Morgan fingerprint density at radius 1 is 1.31 bits per heavy atom. The van der Waals surface area contributed by atoms with Crippen LogP contribution < -0.4 is 5.32 Å². The van der Waals surface area contributed by atoms with Crippen LogP contribution >= 0.6 is 11.6 Å². The predicted octanol–water partition coefficient (Wildman–Crippen LogP) is 2.75. The summed E-state index contributed by atoms with van der Waals surface area (Å²) in [4.78, 5) is 4.15. The molecule has 1 aromatic rings. The van der Waals surface area contributed by atoms with E-state index in [0.29, 0.717) is 5.15 Å². The maximum Gasteiger partial charge on any atom is 0.129 e. The van der Waals surface area contributed by atoms with Crippen LogP contribution in [0.15, 0.2) is 24.4 Å². The van der Waals surface area contributed by atoms with Gasteiger partial charge in [-0.25, -0.2) is 4.98 Å². The lowest BCUT2D eigenvalue weighted by Crippen LogP contribution is -2.15. The highest BCUT2D eigenvalue weighted by molar-refractivity contribution is 6.29. The van der Waals surface area contributed by atoms with E-state index in [0.717, 1.165) is 18.4 Å². The van der Waals surface area contributed by atoms with Crippen molar-refractivity contribution < 1.29 is 0 Å². The Hall–Kier alpha value is -0.860. The van der Waals surface area contributed by atoms with E-state index in [4.69, 9.17) is 11.6 Å². The third-order valence-corrected chi connectivity index (χ3v) is 3.91. The molecule has 0 saturated carbocycles. The number of allylic oxidation sites excluding steroid dienone is 1. The van der Waals surface area contributed by atoms with E-state index in [-0.39, 0.29) is 0 Å². The van der Waals surface area contributed by atoms with Crippen LogP contribution in [0.4, 0.5) is 0 Å². The zero-order chi connectivity index (χ0) is 11.0. The summed E-state index contributed by atoms with van der Waals surface area (Å²) < 4.78 is 0. The molecule has 2 aliphatic rings. The fourth-order valence-electron chi connectivity index (χ4n) is 2.75. The Kier molecular flexibility index (Phi) is 2.70. The number of fused-ring (bicyclic) bond motifs is 1. The molecular formula is C13H15ClN2. The van der Waals surface area contributed by atoms with Crippen molar-refractivity contribution in [2.24, 2.45) is 11.8 Å². The topological polar surface area (TPSA) is 24.9 Å². The number of hydrogen-bond acceptors (Lipinski definition) is 2. The summed E-state index contributed by atoms with van der Waals surface area (Å²) >= 11 is 5.80. The SMILES string of the molecule is Clc1ccc(C2=CC3CNCC3CC2)cn1. The van der Waals surface area contributed by atoms with E-state index < -0.39 is 0 Å². The minimum atomic E-state index is 0.570. The Balaban J connectivity index is 1.87. The van der Waals surface area contributed by atoms with Crippen molar-refractivity contribution in [2.45, 2.75) is 12.8 Å². The van der Waals surface area contributed by atoms with Gasteiger partial charge in [0.15, 0.2) is 0 Å². The summed E-state index contributed by atoms with van der Waals surface area (Å²) in [5, 5.41) is 4.03. The molecule has 16 heavy (non-hydrogen) atoms. The molecule has 2 nitrogen and oxygen atoms in total. The second-order valence-corrected chi connectivity index (χ2v) is 5.07. The van der Waals surface area contributed by atoms with Crippen LogP contribution in [-0.4, -0.2) is 18.1 Å². The van der Waals surface area contributed by atoms with Gasteiger partial charge in [-0.2, -0.15) is 0 Å². The van der Waals surface area contributed by atoms with E-state index in [1.165, 1.54) is 30.5 Å². The first-order valence-corrected chi connectivity index (χ1v) is 6.24. The molecule has 0 amide bonds. The van der Waals surface area contributed by atoms with Crippen molar-refractivity contribution in [1.82, 2.24) is 10.3 Å². The first-order chi connectivity index (χ1) is 7.83. The van der Waals surface area contributed by atoms with Crippen LogP contribution in [0.25, 0.3) is 5.57 Å². The molecule has 0 spiro atoms. The number of hydrogen-bond donors (Lipinski definition) is 1. The third kappa shape index (κ3) is 1.87. The van der Waals surface area contributed by atoms with Crippen LogP contribution in [0, 0.1) is 11.8 Å². The first-order valence-electron chi connectivity index (χ1n) is 5.86. The molecule has 0 radical (unpaired) electrons. The molecule has 1 aliphatic heterocycles. The molecule has 2 unspecified atom stereocenters. The highest BCUT2D eigenvalue weighted by Crippen LogP contribution is 2.35. The number of halogens is 1. The van der Waals surface area contributed by atoms with Gasteiger partial charge in [0.1, 0.15) is 5.15 Å². The largest absolute Gasteiger partial charge is 0.316 e. The summed E-state index contributed by atoms with van der Waals surface area (Å²) in [6, 6.07) is 3.95. The van der Waals surface area contributed by atoms with Crippen molar-refractivity contribution >= 4 is 17.2 Å². The summed E-state index contributed by atoms with van der Waals surface area (Å²) in [5.74, 6) is 1.57. The molecule has 1 saturated heterocycles. The van der Waals surface area contributed by atoms with Gasteiger partial charge in [0, 0.05) is 12.7 Å². The first kappa shape index (κ1) is 10.3. The van der Waals surface area contributed by atoms with E-state index in [1.807, 2.05) is 12.3 Å². The second-order valence-electron chi connectivity index (χ2n) is 4.68. The highest BCUT2D eigenvalue weighted by atomic mass is 35.5. The van der Waals surface area contributed by atoms with Crippen LogP contribution in [0.5, 0.6) is 0 Å². The van der Waals surface area contributed by atoms with Crippen LogP contribution in [0.1, 0.15) is 18.4 Å². The summed E-state index contributed by atoms with van der Waals surface area (Å²) in [6.45, 7) is 2.32. The number of rotatable bonds is 1. The van der Waals surface area contributed by atoms with E-state index >= 15 is 0 Å². The van der Waals surface area contributed by atoms with Gasteiger partial charge in [0.25, 0.3) is 0 Å². The fraction of sp³-hybridized carbons (Fsp3) is 0.462. The summed E-state index contributed by atoms with van der Waals surface area (Å²) in [7, 11) is 0. The zero-order valence-electron chi connectivity index (χ0n) is 9.12. The Labute approximate surface area is 101 Å². The molecule has 2 heterocycles. The maximum atomic E-state index is 5.80. The van der Waals surface area contributed by atoms with Crippen molar-refractivity contribution in [2.75, 3.05) is 13.1 Å². The number of nitrogens with one attached hydrogen (secondary N) is 1. The molecule has 0 bridgehead atoms. The van der Waals surface area contributed by atoms with Crippen molar-refractivity contribution in [3.05, 3.63) is 35.1 Å². The van der Waals surface area contributed by atoms with Crippen molar-refractivity contribution in [3.8, 4) is 0 Å². The average Bonchev–Trinajstić information content (AvgIpc) is 2.77. The summed E-state index contributed by atoms with van der Waals surface area (Å²) in [5.41, 5.74) is 2.67. The van der Waals surface area contributed by atoms with Crippen LogP contribution in [-0.2, 0) is 0 Å². The molecule has 0 aromatic carbocycles. The van der Waals surface area contributed by atoms with Crippen molar-refractivity contribution in [3.63, 3.8) is 0 Å². The van der Waals surface area contributed by atoms with Crippen LogP contribution in [0.2, 0.25) is 5.15 Å². The molecular weight excluding hydrogens is 220 g/mol. The standard InChI is InChI=1S/C13H15ClN2/c14-13-4-3-11(8-16-13)9-1-2-10-6-15-7-12(10)5-9/h3-5,8,10,12,15H,1-2,6-7H2. The van der Waals surface area contributed by atoms with Gasteiger partial charge in [-0.05, 0) is 48.4 Å². The molecule has 1 aromatic heterocycles. The van der Waals surface area contributed by atoms with Gasteiger partial charge < -0.3 is 5.32 Å². The summed E-state index contributed by atoms with van der Waals surface area (Å²) in [6.07, 6.45) is 6.79. The van der Waals surface area contributed by atoms with E-state index in [1.54, 1.807) is 0 Å². The molecule has 3 rings (SSSR count). The van der Waals surface area contributed by atoms with Gasteiger partial charge in [0.2, 0.25) is 0 Å². The molecule has 1 N–H and O–H groups in total. The van der Waals surface area contributed by atoms with Gasteiger partial charge in [-0.15, -0.1) is 0 Å². The molecule has 3 heteroatoms. The maximum absolute atomic E-state index is 5.80. The lowest BCUT2D eigenvalue weighted by atomic mass is 9.81. The smallest absolute Gasteiger partial charge is 0.129 e. The van der Waals surface area contributed by atoms with Gasteiger partial charge >= 0.3 is 0 Å². The minimum absolute atomic E-state index is 0.570. The molecule has 1 fully saturated rings.